The Kier molecular flexibility index (Phi) is 5.84. The normalized spacial score (nSPS) is 10.5. The van der Waals surface area contributed by atoms with E-state index in [0.29, 0.717) is 31.1 Å². The van der Waals surface area contributed by atoms with Gasteiger partial charge >= 0.3 is 0 Å². The largest absolute Gasteiger partial charge is 0.474 e. The Morgan fingerprint density at radius 3 is 3.00 bits per heavy atom. The molecule has 0 aliphatic carbocycles. The molecule has 1 atom stereocenters. The van der Waals surface area contributed by atoms with Gasteiger partial charge in [0.2, 0.25) is 5.88 Å². The lowest BCUT2D eigenvalue weighted by Crippen LogP contribution is -2.05. The van der Waals surface area contributed by atoms with E-state index in [4.69, 9.17) is 14.5 Å². The summed E-state index contributed by atoms with van der Waals surface area (Å²) in [5.74, 6) is 0.387. The lowest BCUT2D eigenvalue weighted by molar-refractivity contribution is 0.230. The first-order valence-corrected chi connectivity index (χ1v) is 8.28. The summed E-state index contributed by atoms with van der Waals surface area (Å²) in [6.45, 7) is 3.22. The molecule has 80 valence electrons. The Hall–Kier alpha value is -0.440. The molecule has 0 radical (unpaired) electrons. The van der Waals surface area contributed by atoms with Crippen molar-refractivity contribution < 1.29 is 9.26 Å². The second kappa shape index (κ2) is 6.94. The molecule has 0 saturated carbocycles. The molecule has 0 amide bonds. The van der Waals surface area contributed by atoms with Gasteiger partial charge < -0.3 is 9.26 Å². The third-order valence-corrected chi connectivity index (χ3v) is 2.85. The van der Waals surface area contributed by atoms with Gasteiger partial charge in [-0.1, -0.05) is 0 Å². The molecular formula is C9H10IN2O2P. The van der Waals surface area contributed by atoms with Gasteiger partial charge in [-0.05, 0) is 41.1 Å². The molecule has 0 bridgehead atoms. The van der Waals surface area contributed by atoms with Crippen LogP contribution in [0.4, 0.5) is 0 Å². The molecule has 1 rings (SSSR count). The summed E-state index contributed by atoms with van der Waals surface area (Å²) in [5.41, 5.74) is 1.29. The van der Waals surface area contributed by atoms with Crippen LogP contribution in [0.5, 0.6) is 5.88 Å². The highest BCUT2D eigenvalue weighted by molar-refractivity contribution is 14.2. The molecule has 1 heterocycles. The number of halogens is 1. The molecule has 0 saturated heterocycles. The second-order valence-electron chi connectivity index (χ2n) is 2.69. The summed E-state index contributed by atoms with van der Waals surface area (Å²) in [4.78, 5) is 4.14. The van der Waals surface area contributed by atoms with Crippen LogP contribution in [-0.2, 0) is 4.52 Å². The molecule has 0 aliphatic heterocycles. The summed E-state index contributed by atoms with van der Waals surface area (Å²) in [5, 5.41) is 8.81. The zero-order valence-corrected chi connectivity index (χ0v) is 11.3. The second-order valence-corrected chi connectivity index (χ2v) is 4.46. The third kappa shape index (κ3) is 4.29. The average Bonchev–Trinajstić information content (AvgIpc) is 2.25. The van der Waals surface area contributed by atoms with Gasteiger partial charge in [-0.2, -0.15) is 5.26 Å². The number of ether oxygens (including phenoxy) is 1. The van der Waals surface area contributed by atoms with Crippen molar-refractivity contribution >= 4 is 28.5 Å². The van der Waals surface area contributed by atoms with Crippen LogP contribution < -0.4 is 4.74 Å². The Morgan fingerprint density at radius 2 is 2.33 bits per heavy atom. The number of rotatable bonds is 5. The van der Waals surface area contributed by atoms with E-state index in [-0.39, 0.29) is 0 Å². The summed E-state index contributed by atoms with van der Waals surface area (Å²) in [7, 11) is 0. The average molecular weight is 336 g/mol. The van der Waals surface area contributed by atoms with Crippen LogP contribution in [0.25, 0.3) is 0 Å². The highest BCUT2D eigenvalue weighted by Gasteiger charge is 2.04. The van der Waals surface area contributed by atoms with E-state index in [1.165, 1.54) is 0 Å². The van der Waals surface area contributed by atoms with Gasteiger partial charge in [-0.15, -0.1) is 0 Å². The standard InChI is InChI=1S/C9H10IN2O2P/c1-7-2-3-8(6-11)9(12-7)13-4-5-14-15-10/h2-3,15H,4-5H2,1H3. The van der Waals surface area contributed by atoms with Crippen LogP contribution in [0, 0.1) is 18.3 Å². The number of nitrogens with zero attached hydrogens (tertiary/aromatic N) is 2. The molecule has 0 fully saturated rings. The number of pyridine rings is 1. The molecule has 1 aromatic rings. The first-order chi connectivity index (χ1) is 7.27. The lowest BCUT2D eigenvalue weighted by atomic mass is 10.2. The van der Waals surface area contributed by atoms with Gasteiger partial charge in [0.25, 0.3) is 0 Å². The SMILES string of the molecule is Cc1ccc(C#N)c(OCCOPI)n1. The predicted molar refractivity (Wildman–Crippen MR) is 67.5 cm³/mol. The third-order valence-electron chi connectivity index (χ3n) is 1.60. The molecule has 4 nitrogen and oxygen atoms in total. The zero-order valence-electron chi connectivity index (χ0n) is 8.16. The Labute approximate surface area is 103 Å². The van der Waals surface area contributed by atoms with Crippen LogP contribution >= 0.6 is 28.5 Å². The van der Waals surface area contributed by atoms with Crippen molar-refractivity contribution in [3.8, 4) is 11.9 Å². The fraction of sp³-hybridized carbons (Fsp3) is 0.333. The van der Waals surface area contributed by atoms with Gasteiger partial charge in [-0.3, -0.25) is 0 Å². The monoisotopic (exact) mass is 336 g/mol. The topological polar surface area (TPSA) is 55.1 Å². The molecule has 0 aromatic carbocycles. The van der Waals surface area contributed by atoms with Crippen molar-refractivity contribution in [1.29, 1.82) is 5.26 Å². The van der Waals surface area contributed by atoms with Crippen LogP contribution in [-0.4, -0.2) is 18.2 Å². The highest BCUT2D eigenvalue weighted by Crippen LogP contribution is 2.21. The van der Waals surface area contributed by atoms with Crippen LogP contribution in [0.1, 0.15) is 11.3 Å². The van der Waals surface area contributed by atoms with E-state index in [2.05, 4.69) is 27.0 Å². The zero-order chi connectivity index (χ0) is 11.1. The van der Waals surface area contributed by atoms with Crippen LogP contribution in [0.15, 0.2) is 12.1 Å². The minimum atomic E-state index is 0.387. The lowest BCUT2D eigenvalue weighted by Gasteiger charge is -2.06. The van der Waals surface area contributed by atoms with Gasteiger partial charge in [-0.25, -0.2) is 4.98 Å². The molecule has 1 aromatic heterocycles. The number of hydrogen-bond acceptors (Lipinski definition) is 4. The van der Waals surface area contributed by atoms with Crippen molar-refractivity contribution in [2.45, 2.75) is 6.92 Å². The molecular weight excluding hydrogens is 326 g/mol. The Bertz CT molecular complexity index is 368. The number of nitriles is 1. The highest BCUT2D eigenvalue weighted by atomic mass is 127. The van der Waals surface area contributed by atoms with E-state index < -0.39 is 0 Å². The molecule has 0 N–H and O–H groups in total. The summed E-state index contributed by atoms with van der Waals surface area (Å²) in [6.07, 6.45) is 0. The maximum absolute atomic E-state index is 8.81. The summed E-state index contributed by atoms with van der Waals surface area (Å²) >= 11 is 2.14. The van der Waals surface area contributed by atoms with E-state index in [1.807, 2.05) is 13.0 Å². The van der Waals surface area contributed by atoms with Gasteiger partial charge in [0.1, 0.15) is 18.2 Å². The van der Waals surface area contributed by atoms with E-state index in [0.717, 1.165) is 5.69 Å². The fourth-order valence-corrected chi connectivity index (χ4v) is 1.77. The quantitative estimate of drug-likeness (QED) is 0.471. The molecule has 1 unspecified atom stereocenters. The van der Waals surface area contributed by atoms with Crippen molar-refractivity contribution in [3.63, 3.8) is 0 Å². The minimum absolute atomic E-state index is 0.387. The van der Waals surface area contributed by atoms with Gasteiger partial charge in [0, 0.05) is 5.69 Å². The van der Waals surface area contributed by atoms with Crippen LogP contribution in [0.2, 0.25) is 0 Å². The Balaban J connectivity index is 2.59. The molecule has 15 heavy (non-hydrogen) atoms. The predicted octanol–water partition coefficient (Wildman–Crippen LogP) is 2.60. The number of hydrogen-bond donors (Lipinski definition) is 0. The summed E-state index contributed by atoms with van der Waals surface area (Å²) < 4.78 is 10.5. The molecule has 0 spiro atoms. The van der Waals surface area contributed by atoms with Crippen molar-refractivity contribution in [3.05, 3.63) is 23.4 Å². The minimum Gasteiger partial charge on any atom is -0.474 e. The first-order valence-electron chi connectivity index (χ1n) is 4.26. The van der Waals surface area contributed by atoms with Crippen molar-refractivity contribution in [2.75, 3.05) is 13.2 Å². The van der Waals surface area contributed by atoms with Crippen LogP contribution in [0.3, 0.4) is 0 Å². The number of aromatic nitrogens is 1. The van der Waals surface area contributed by atoms with Gasteiger partial charge in [0.15, 0.2) is 0 Å². The van der Waals surface area contributed by atoms with E-state index in [9.17, 15) is 0 Å². The van der Waals surface area contributed by atoms with Crippen molar-refractivity contribution in [2.24, 2.45) is 0 Å². The fourth-order valence-electron chi connectivity index (χ4n) is 0.947. The van der Waals surface area contributed by atoms with E-state index >= 15 is 0 Å². The van der Waals surface area contributed by atoms with Gasteiger partial charge in [0.05, 0.1) is 13.1 Å². The summed E-state index contributed by atoms with van der Waals surface area (Å²) in [6, 6.07) is 5.53. The van der Waals surface area contributed by atoms with Crippen molar-refractivity contribution in [1.82, 2.24) is 4.98 Å². The smallest absolute Gasteiger partial charge is 0.231 e. The first kappa shape index (κ1) is 12.6. The maximum atomic E-state index is 8.81. The maximum Gasteiger partial charge on any atom is 0.231 e. The Morgan fingerprint density at radius 1 is 1.53 bits per heavy atom. The van der Waals surface area contributed by atoms with E-state index in [1.54, 1.807) is 12.1 Å². The molecule has 6 heteroatoms. The number of aryl methyl sites for hydroxylation is 1. The molecule has 0 aliphatic rings.